The van der Waals surface area contributed by atoms with Gasteiger partial charge in [0.05, 0.1) is 17.1 Å². The normalized spacial score (nSPS) is 13.7. The molecule has 1 heterocycles. The number of hydrogen-bond donors (Lipinski definition) is 0. The Morgan fingerprint density at radius 3 is 2.38 bits per heavy atom. The van der Waals surface area contributed by atoms with E-state index in [0.29, 0.717) is 25.6 Å². The van der Waals surface area contributed by atoms with Crippen LogP contribution in [0.1, 0.15) is 34.0 Å². The number of cyclic esters (lactones) is 1. The van der Waals surface area contributed by atoms with Gasteiger partial charge in [0.2, 0.25) is 5.90 Å². The lowest BCUT2D eigenvalue weighted by atomic mass is 10.1. The average molecular weight is 629 g/mol. The van der Waals surface area contributed by atoms with Gasteiger partial charge in [-0.05, 0) is 71.4 Å². The molecule has 0 saturated heterocycles. The van der Waals surface area contributed by atoms with Crippen LogP contribution in [0.15, 0.2) is 74.2 Å². The predicted octanol–water partition coefficient (Wildman–Crippen LogP) is 6.02. The maximum absolute atomic E-state index is 12.8. The second kappa shape index (κ2) is 11.1. The number of rotatable bonds is 6. The Bertz CT molecular complexity index is 1480. The molecule has 0 aromatic heterocycles. The molecule has 0 spiro atoms. The molecule has 4 rings (SSSR count). The summed E-state index contributed by atoms with van der Waals surface area (Å²) < 4.78 is 22.6. The molecular weight excluding hydrogens is 610 g/mol. The standard InChI is InChI=1S/C27H19Br2NO7/c1-14-4-6-16(7-5-14)26(32)36-24-18(10-19(28)13-20(24)29)11-21-27(33)37-25(30-21)17-8-9-22(35-15(2)31)23(12-17)34-3/h4-13H,1-3H3/b21-11-. The van der Waals surface area contributed by atoms with Gasteiger partial charge < -0.3 is 18.9 Å². The fourth-order valence-electron chi connectivity index (χ4n) is 3.36. The second-order valence-electron chi connectivity index (χ2n) is 7.86. The molecule has 10 heteroatoms. The molecule has 0 fully saturated rings. The van der Waals surface area contributed by atoms with Crippen LogP contribution in [0.5, 0.6) is 17.2 Å². The minimum Gasteiger partial charge on any atom is -0.493 e. The molecule has 0 aliphatic carbocycles. The lowest BCUT2D eigenvalue weighted by Gasteiger charge is -2.11. The number of nitrogens with zero attached hydrogens (tertiary/aromatic N) is 1. The molecule has 3 aromatic carbocycles. The number of esters is 3. The summed E-state index contributed by atoms with van der Waals surface area (Å²) in [4.78, 5) is 41.0. The predicted molar refractivity (Wildman–Crippen MR) is 143 cm³/mol. The average Bonchev–Trinajstić information content (AvgIpc) is 3.21. The third-order valence-corrected chi connectivity index (χ3v) is 6.14. The van der Waals surface area contributed by atoms with E-state index in [2.05, 4.69) is 36.9 Å². The summed E-state index contributed by atoms with van der Waals surface area (Å²) in [6, 6.07) is 15.0. The van der Waals surface area contributed by atoms with E-state index >= 15 is 0 Å². The van der Waals surface area contributed by atoms with Crippen molar-refractivity contribution >= 4 is 61.7 Å². The summed E-state index contributed by atoms with van der Waals surface area (Å²) in [5.74, 6) is -1.00. The zero-order valence-corrected chi connectivity index (χ0v) is 23.0. The minimum atomic E-state index is -0.690. The van der Waals surface area contributed by atoms with Crippen molar-refractivity contribution in [2.75, 3.05) is 7.11 Å². The van der Waals surface area contributed by atoms with Crippen molar-refractivity contribution < 1.29 is 33.3 Å². The van der Waals surface area contributed by atoms with E-state index in [1.165, 1.54) is 32.2 Å². The number of aryl methyl sites for hydroxylation is 1. The third-order valence-electron chi connectivity index (χ3n) is 5.10. The van der Waals surface area contributed by atoms with Gasteiger partial charge in [-0.1, -0.05) is 33.6 Å². The van der Waals surface area contributed by atoms with Crippen LogP contribution in [0.4, 0.5) is 0 Å². The maximum atomic E-state index is 12.8. The fourth-order valence-corrected chi connectivity index (χ4v) is 4.70. The third kappa shape index (κ3) is 6.15. The van der Waals surface area contributed by atoms with E-state index < -0.39 is 17.9 Å². The van der Waals surface area contributed by atoms with Crippen molar-refractivity contribution in [1.29, 1.82) is 0 Å². The molecule has 3 aromatic rings. The summed E-state index contributed by atoms with van der Waals surface area (Å²) >= 11 is 6.84. The largest absolute Gasteiger partial charge is 0.493 e. The van der Waals surface area contributed by atoms with Crippen molar-refractivity contribution in [3.05, 3.63) is 91.5 Å². The van der Waals surface area contributed by atoms with Crippen molar-refractivity contribution in [2.45, 2.75) is 13.8 Å². The summed E-state index contributed by atoms with van der Waals surface area (Å²) in [6.07, 6.45) is 1.47. The van der Waals surface area contributed by atoms with E-state index in [1.54, 1.807) is 30.3 Å². The van der Waals surface area contributed by atoms with Crippen LogP contribution in [0.3, 0.4) is 0 Å². The molecule has 37 heavy (non-hydrogen) atoms. The van der Waals surface area contributed by atoms with Crippen LogP contribution in [-0.2, 0) is 14.3 Å². The SMILES string of the molecule is COc1cc(C2=N/C(=C\c3cc(Br)cc(Br)c3OC(=O)c3ccc(C)cc3)C(=O)O2)ccc1OC(C)=O. The van der Waals surface area contributed by atoms with Gasteiger partial charge in [0.1, 0.15) is 0 Å². The first kappa shape index (κ1) is 26.3. The van der Waals surface area contributed by atoms with Gasteiger partial charge >= 0.3 is 17.9 Å². The number of carbonyl (C=O) groups is 3. The molecule has 8 nitrogen and oxygen atoms in total. The van der Waals surface area contributed by atoms with Gasteiger partial charge in [-0.15, -0.1) is 0 Å². The van der Waals surface area contributed by atoms with Crippen LogP contribution < -0.4 is 14.2 Å². The van der Waals surface area contributed by atoms with Crippen LogP contribution in [0, 0.1) is 6.92 Å². The molecule has 0 N–H and O–H groups in total. The van der Waals surface area contributed by atoms with Crippen LogP contribution in [-0.4, -0.2) is 30.9 Å². The Balaban J connectivity index is 1.68. The summed E-state index contributed by atoms with van der Waals surface area (Å²) in [5.41, 5.74) is 2.24. The van der Waals surface area contributed by atoms with E-state index in [0.717, 1.165) is 5.56 Å². The van der Waals surface area contributed by atoms with Gasteiger partial charge in [-0.3, -0.25) is 4.79 Å². The quantitative estimate of drug-likeness (QED) is 0.187. The molecule has 1 aliphatic heterocycles. The molecule has 0 amide bonds. The topological polar surface area (TPSA) is 100 Å². The Hall–Kier alpha value is -3.76. The summed E-state index contributed by atoms with van der Waals surface area (Å²) in [7, 11) is 1.42. The zero-order valence-electron chi connectivity index (χ0n) is 19.8. The maximum Gasteiger partial charge on any atom is 0.363 e. The number of hydrogen-bond acceptors (Lipinski definition) is 8. The molecule has 0 unspecified atom stereocenters. The van der Waals surface area contributed by atoms with Crippen LogP contribution in [0.2, 0.25) is 0 Å². The Morgan fingerprint density at radius 1 is 0.973 bits per heavy atom. The van der Waals surface area contributed by atoms with Gasteiger partial charge in [-0.2, -0.15) is 0 Å². The lowest BCUT2D eigenvalue weighted by molar-refractivity contribution is -0.132. The van der Waals surface area contributed by atoms with Gasteiger partial charge in [0.25, 0.3) is 0 Å². The first-order valence-corrected chi connectivity index (χ1v) is 12.4. The highest BCUT2D eigenvalue weighted by Gasteiger charge is 2.26. The van der Waals surface area contributed by atoms with Crippen molar-refractivity contribution in [2.24, 2.45) is 4.99 Å². The number of aliphatic imine (C=N–C) groups is 1. The first-order valence-electron chi connectivity index (χ1n) is 10.8. The second-order valence-corrected chi connectivity index (χ2v) is 9.63. The highest BCUT2D eigenvalue weighted by atomic mass is 79.9. The van der Waals surface area contributed by atoms with Crippen LogP contribution >= 0.6 is 31.9 Å². The Morgan fingerprint density at radius 2 is 1.70 bits per heavy atom. The number of benzene rings is 3. The fraction of sp³-hybridized carbons (Fsp3) is 0.111. The van der Waals surface area contributed by atoms with Gasteiger partial charge in [-0.25, -0.2) is 14.6 Å². The van der Waals surface area contributed by atoms with Crippen molar-refractivity contribution in [3.63, 3.8) is 0 Å². The molecule has 0 radical (unpaired) electrons. The molecular formula is C27H19Br2NO7. The van der Waals surface area contributed by atoms with Gasteiger partial charge in [0, 0.05) is 22.5 Å². The monoisotopic (exact) mass is 627 g/mol. The Kier molecular flexibility index (Phi) is 7.89. The number of ether oxygens (including phenoxy) is 4. The molecule has 0 bridgehead atoms. The highest BCUT2D eigenvalue weighted by Crippen LogP contribution is 2.36. The molecule has 1 aliphatic rings. The summed E-state index contributed by atoms with van der Waals surface area (Å²) in [6.45, 7) is 3.20. The van der Waals surface area contributed by atoms with E-state index in [-0.39, 0.29) is 28.8 Å². The highest BCUT2D eigenvalue weighted by molar-refractivity contribution is 9.11. The van der Waals surface area contributed by atoms with Crippen molar-refractivity contribution in [3.8, 4) is 17.2 Å². The number of carbonyl (C=O) groups excluding carboxylic acids is 3. The zero-order chi connectivity index (χ0) is 26.7. The van der Waals surface area contributed by atoms with E-state index in [1.807, 2.05) is 19.1 Å². The lowest BCUT2D eigenvalue weighted by Crippen LogP contribution is -2.10. The van der Waals surface area contributed by atoms with Crippen LogP contribution in [0.25, 0.3) is 6.08 Å². The molecule has 188 valence electrons. The number of methoxy groups -OCH3 is 1. The first-order chi connectivity index (χ1) is 17.6. The van der Waals surface area contributed by atoms with Gasteiger partial charge in [0.15, 0.2) is 22.9 Å². The summed E-state index contributed by atoms with van der Waals surface area (Å²) in [5, 5.41) is 0. The number of halogens is 2. The molecule has 0 atom stereocenters. The van der Waals surface area contributed by atoms with Crippen molar-refractivity contribution in [1.82, 2.24) is 0 Å². The smallest absolute Gasteiger partial charge is 0.363 e. The minimum absolute atomic E-state index is 0.00401. The van der Waals surface area contributed by atoms with E-state index in [9.17, 15) is 14.4 Å². The molecule has 0 saturated carbocycles. The van der Waals surface area contributed by atoms with E-state index in [4.69, 9.17) is 18.9 Å². The Labute approximate surface area is 229 Å².